The third-order valence-electron chi connectivity index (χ3n) is 5.73. The Morgan fingerprint density at radius 1 is 1.17 bits per heavy atom. The first-order valence-electron chi connectivity index (χ1n) is 10.9. The standard InChI is InChI=1S/C22H30ClN3O4/c1-13(10-14(2)27)12-28-15-4-6-17(7-5-15)30-22-25-18-11-24-21(29-16-8-9-16)19(23)20(18)26(22)3/h11,13,15-17H,4-10,12H2,1-3H3/t13-,15?,17?/m1/s1. The summed E-state index contributed by atoms with van der Waals surface area (Å²) in [4.78, 5) is 20.1. The van der Waals surface area contributed by atoms with E-state index < -0.39 is 0 Å². The average Bonchev–Trinajstić information content (AvgIpc) is 3.46. The molecule has 2 aromatic rings. The predicted octanol–water partition coefficient (Wildman–Crippen LogP) is 4.48. The number of pyridine rings is 1. The van der Waals surface area contributed by atoms with E-state index in [9.17, 15) is 4.79 Å². The molecule has 1 atom stereocenters. The lowest BCUT2D eigenvalue weighted by atomic mass is 9.95. The molecule has 0 bridgehead atoms. The maximum Gasteiger partial charge on any atom is 0.297 e. The summed E-state index contributed by atoms with van der Waals surface area (Å²) >= 11 is 6.54. The van der Waals surface area contributed by atoms with Crippen molar-refractivity contribution in [1.29, 1.82) is 0 Å². The van der Waals surface area contributed by atoms with E-state index >= 15 is 0 Å². The van der Waals surface area contributed by atoms with Crippen molar-refractivity contribution in [3.8, 4) is 11.9 Å². The Kier molecular flexibility index (Phi) is 6.48. The Morgan fingerprint density at radius 3 is 2.47 bits per heavy atom. The normalized spacial score (nSPS) is 22.8. The topological polar surface area (TPSA) is 75.5 Å². The number of carbonyl (C=O) groups is 1. The van der Waals surface area contributed by atoms with Gasteiger partial charge < -0.3 is 19.0 Å². The van der Waals surface area contributed by atoms with Gasteiger partial charge in [-0.05, 0) is 51.4 Å². The van der Waals surface area contributed by atoms with E-state index in [1.807, 2.05) is 11.6 Å². The minimum Gasteiger partial charge on any atom is -0.473 e. The van der Waals surface area contributed by atoms with Gasteiger partial charge in [0.05, 0.1) is 17.8 Å². The van der Waals surface area contributed by atoms with Gasteiger partial charge in [-0.25, -0.2) is 4.98 Å². The SMILES string of the molecule is CC(=O)C[C@@H](C)COC1CCC(Oc2nc3cnc(OC4CC4)c(Cl)c3n2C)CC1. The summed E-state index contributed by atoms with van der Waals surface area (Å²) < 4.78 is 19.9. The van der Waals surface area contributed by atoms with Crippen LogP contribution in [0.2, 0.25) is 5.02 Å². The fourth-order valence-corrected chi connectivity index (χ4v) is 4.29. The van der Waals surface area contributed by atoms with Crippen molar-refractivity contribution in [2.24, 2.45) is 13.0 Å². The molecule has 2 aliphatic rings. The van der Waals surface area contributed by atoms with E-state index in [0.717, 1.165) is 44.0 Å². The van der Waals surface area contributed by atoms with Crippen molar-refractivity contribution in [2.45, 2.75) is 77.1 Å². The number of aryl methyl sites for hydroxylation is 1. The van der Waals surface area contributed by atoms with Crippen molar-refractivity contribution in [3.63, 3.8) is 0 Å². The zero-order chi connectivity index (χ0) is 21.3. The average molecular weight is 436 g/mol. The smallest absolute Gasteiger partial charge is 0.297 e. The number of hydrogen-bond acceptors (Lipinski definition) is 6. The summed E-state index contributed by atoms with van der Waals surface area (Å²) in [6.07, 6.45) is 8.67. The molecule has 0 spiro atoms. The van der Waals surface area contributed by atoms with Gasteiger partial charge in [0.25, 0.3) is 6.01 Å². The summed E-state index contributed by atoms with van der Waals surface area (Å²) in [7, 11) is 1.91. The first-order chi connectivity index (χ1) is 14.4. The number of rotatable bonds is 9. The van der Waals surface area contributed by atoms with Gasteiger partial charge in [0.15, 0.2) is 0 Å². The van der Waals surface area contributed by atoms with Crippen LogP contribution < -0.4 is 9.47 Å². The van der Waals surface area contributed by atoms with E-state index in [2.05, 4.69) is 16.9 Å². The molecule has 0 amide bonds. The number of ketones is 1. The molecule has 4 rings (SSSR count). The van der Waals surface area contributed by atoms with Crippen LogP contribution in [-0.2, 0) is 16.6 Å². The largest absolute Gasteiger partial charge is 0.473 e. The lowest BCUT2D eigenvalue weighted by Crippen LogP contribution is -2.30. The molecule has 164 valence electrons. The van der Waals surface area contributed by atoms with Crippen LogP contribution in [0.4, 0.5) is 0 Å². The quantitative estimate of drug-likeness (QED) is 0.577. The number of hydrogen-bond donors (Lipinski definition) is 0. The number of aromatic nitrogens is 3. The molecule has 0 unspecified atom stereocenters. The molecular weight excluding hydrogens is 406 g/mol. The molecule has 0 N–H and O–H groups in total. The fourth-order valence-electron chi connectivity index (χ4n) is 3.97. The number of halogens is 1. The molecule has 2 aliphatic carbocycles. The fraction of sp³-hybridized carbons (Fsp3) is 0.682. The van der Waals surface area contributed by atoms with Gasteiger partial charge in [-0.3, -0.25) is 4.57 Å². The summed E-state index contributed by atoms with van der Waals surface area (Å²) in [6.45, 7) is 4.32. The predicted molar refractivity (Wildman–Crippen MR) is 114 cm³/mol. The molecule has 8 heteroatoms. The lowest BCUT2D eigenvalue weighted by molar-refractivity contribution is -0.118. The summed E-state index contributed by atoms with van der Waals surface area (Å²) in [5.74, 6) is 0.952. The van der Waals surface area contributed by atoms with Crippen LogP contribution in [0, 0.1) is 5.92 Å². The highest BCUT2D eigenvalue weighted by Crippen LogP contribution is 2.36. The van der Waals surface area contributed by atoms with Crippen molar-refractivity contribution in [1.82, 2.24) is 14.5 Å². The lowest BCUT2D eigenvalue weighted by Gasteiger charge is -2.29. The van der Waals surface area contributed by atoms with E-state index in [1.165, 1.54) is 0 Å². The third-order valence-corrected chi connectivity index (χ3v) is 6.07. The molecular formula is C22H30ClN3O4. The Hall–Kier alpha value is -1.86. The van der Waals surface area contributed by atoms with Gasteiger partial charge in [-0.2, -0.15) is 4.98 Å². The van der Waals surface area contributed by atoms with Crippen LogP contribution in [0.3, 0.4) is 0 Å². The maximum absolute atomic E-state index is 11.2. The van der Waals surface area contributed by atoms with Crippen molar-refractivity contribution in [2.75, 3.05) is 6.61 Å². The zero-order valence-corrected chi connectivity index (χ0v) is 18.7. The number of imidazole rings is 1. The number of fused-ring (bicyclic) bond motifs is 1. The molecule has 0 saturated heterocycles. The van der Waals surface area contributed by atoms with Gasteiger partial charge >= 0.3 is 0 Å². The van der Waals surface area contributed by atoms with E-state index in [4.69, 9.17) is 25.8 Å². The van der Waals surface area contributed by atoms with Crippen LogP contribution in [-0.4, -0.2) is 45.2 Å². The minimum absolute atomic E-state index is 0.101. The molecule has 2 fully saturated rings. The first kappa shape index (κ1) is 21.4. The second kappa shape index (κ2) is 9.10. The van der Waals surface area contributed by atoms with Gasteiger partial charge in [0.1, 0.15) is 28.5 Å². The molecule has 30 heavy (non-hydrogen) atoms. The number of Topliss-reactive ketones (excluding diaryl/α,β-unsaturated/α-hetero) is 1. The number of carbonyl (C=O) groups excluding carboxylic acids is 1. The van der Waals surface area contributed by atoms with Gasteiger partial charge in [0, 0.05) is 20.1 Å². The maximum atomic E-state index is 11.2. The van der Waals surface area contributed by atoms with Crippen LogP contribution >= 0.6 is 11.6 Å². The highest BCUT2D eigenvalue weighted by Gasteiger charge is 2.28. The van der Waals surface area contributed by atoms with Gasteiger partial charge in [-0.1, -0.05) is 18.5 Å². The highest BCUT2D eigenvalue weighted by molar-refractivity contribution is 6.36. The van der Waals surface area contributed by atoms with Gasteiger partial charge in [-0.15, -0.1) is 0 Å². The summed E-state index contributed by atoms with van der Waals surface area (Å²) in [5, 5.41) is 0.487. The zero-order valence-electron chi connectivity index (χ0n) is 17.9. The summed E-state index contributed by atoms with van der Waals surface area (Å²) in [6, 6.07) is 0.553. The Balaban J connectivity index is 1.33. The van der Waals surface area contributed by atoms with Crippen LogP contribution in [0.5, 0.6) is 11.9 Å². The van der Waals surface area contributed by atoms with E-state index in [0.29, 0.717) is 35.5 Å². The second-order valence-corrected chi connectivity index (χ2v) is 9.12. The van der Waals surface area contributed by atoms with Crippen molar-refractivity contribution >= 4 is 28.4 Å². The molecule has 0 radical (unpaired) electrons. The van der Waals surface area contributed by atoms with Crippen LogP contribution in [0.25, 0.3) is 11.0 Å². The molecule has 0 aromatic carbocycles. The molecule has 2 aromatic heterocycles. The third kappa shape index (κ3) is 5.06. The molecule has 2 heterocycles. The first-order valence-corrected chi connectivity index (χ1v) is 11.2. The summed E-state index contributed by atoms with van der Waals surface area (Å²) in [5.41, 5.74) is 1.49. The monoisotopic (exact) mass is 435 g/mol. The second-order valence-electron chi connectivity index (χ2n) is 8.74. The van der Waals surface area contributed by atoms with Crippen molar-refractivity contribution < 1.29 is 19.0 Å². The van der Waals surface area contributed by atoms with Crippen LogP contribution in [0.1, 0.15) is 58.8 Å². The van der Waals surface area contributed by atoms with Gasteiger partial charge in [0.2, 0.25) is 5.88 Å². The molecule has 2 saturated carbocycles. The number of nitrogens with zero attached hydrogens (tertiary/aromatic N) is 3. The minimum atomic E-state index is 0.101. The van der Waals surface area contributed by atoms with E-state index in [-0.39, 0.29) is 30.0 Å². The molecule has 0 aliphatic heterocycles. The Labute approximate surface area is 182 Å². The number of ether oxygens (including phenoxy) is 3. The molecule has 7 nitrogen and oxygen atoms in total. The van der Waals surface area contributed by atoms with E-state index in [1.54, 1.807) is 13.1 Å². The highest BCUT2D eigenvalue weighted by atomic mass is 35.5. The Bertz CT molecular complexity index is 903. The van der Waals surface area contributed by atoms with Crippen molar-refractivity contribution in [3.05, 3.63) is 11.2 Å². The Morgan fingerprint density at radius 2 is 1.80 bits per heavy atom. The van der Waals surface area contributed by atoms with Crippen LogP contribution in [0.15, 0.2) is 6.20 Å².